The highest BCUT2D eigenvalue weighted by atomic mass is 79.9. The van der Waals surface area contributed by atoms with Gasteiger partial charge in [-0.3, -0.25) is 4.79 Å². The van der Waals surface area contributed by atoms with Crippen LogP contribution < -0.4 is 4.74 Å². The van der Waals surface area contributed by atoms with Crippen LogP contribution in [-0.4, -0.2) is 18.6 Å². The molecule has 0 saturated carbocycles. The summed E-state index contributed by atoms with van der Waals surface area (Å²) in [6.07, 6.45) is 2.97. The Morgan fingerprint density at radius 2 is 1.81 bits per heavy atom. The predicted octanol–water partition coefficient (Wildman–Crippen LogP) is 5.19. The van der Waals surface area contributed by atoms with Gasteiger partial charge in [0.1, 0.15) is 5.75 Å². The Kier molecular flexibility index (Phi) is 5.88. The Balaban J connectivity index is 2.20. The highest BCUT2D eigenvalue weighted by Gasteiger charge is 2.11. The lowest BCUT2D eigenvalue weighted by molar-refractivity contribution is 0.103. The van der Waals surface area contributed by atoms with Gasteiger partial charge in [0, 0.05) is 16.0 Å². The first-order valence-electron chi connectivity index (χ1n) is 6.76. The first-order chi connectivity index (χ1) is 10.2. The zero-order valence-electron chi connectivity index (χ0n) is 12.1. The quantitative estimate of drug-likeness (QED) is 0.521. The van der Waals surface area contributed by atoms with E-state index in [0.29, 0.717) is 17.7 Å². The van der Waals surface area contributed by atoms with Crippen molar-refractivity contribution in [2.75, 3.05) is 12.9 Å². The molecule has 0 bridgehead atoms. The van der Waals surface area contributed by atoms with Crippen molar-refractivity contribution < 1.29 is 9.53 Å². The monoisotopic (exact) mass is 364 g/mol. The lowest BCUT2D eigenvalue weighted by Gasteiger charge is -2.09. The van der Waals surface area contributed by atoms with Crippen molar-refractivity contribution >= 4 is 33.5 Å². The van der Waals surface area contributed by atoms with E-state index in [1.54, 1.807) is 17.8 Å². The van der Waals surface area contributed by atoms with Crippen molar-refractivity contribution in [1.29, 1.82) is 0 Å². The molecule has 110 valence electrons. The van der Waals surface area contributed by atoms with Crippen molar-refractivity contribution in [2.45, 2.75) is 18.2 Å². The number of carbonyl (C=O) groups excluding carboxylic acids is 1. The van der Waals surface area contributed by atoms with Gasteiger partial charge < -0.3 is 4.74 Å². The van der Waals surface area contributed by atoms with E-state index in [1.807, 2.05) is 42.7 Å². The maximum Gasteiger partial charge on any atom is 0.193 e. The molecule has 21 heavy (non-hydrogen) atoms. The van der Waals surface area contributed by atoms with Gasteiger partial charge >= 0.3 is 0 Å². The highest BCUT2D eigenvalue weighted by Crippen LogP contribution is 2.27. The van der Waals surface area contributed by atoms with Crippen molar-refractivity contribution in [1.82, 2.24) is 0 Å². The zero-order valence-corrected chi connectivity index (χ0v) is 14.5. The van der Waals surface area contributed by atoms with Gasteiger partial charge in [-0.2, -0.15) is 0 Å². The summed E-state index contributed by atoms with van der Waals surface area (Å²) in [7, 11) is 0. The average molecular weight is 365 g/mol. The molecular formula is C17H17BrO2S. The van der Waals surface area contributed by atoms with Gasteiger partial charge in [-0.05, 0) is 71.1 Å². The molecule has 0 N–H and O–H groups in total. The second kappa shape index (κ2) is 7.66. The fraction of sp³-hybridized carbons (Fsp3) is 0.235. The molecule has 0 aromatic heterocycles. The third kappa shape index (κ3) is 4.11. The van der Waals surface area contributed by atoms with Crippen LogP contribution in [0.4, 0.5) is 0 Å². The molecule has 0 amide bonds. The minimum atomic E-state index is 0.0189. The smallest absolute Gasteiger partial charge is 0.193 e. The number of ketones is 1. The first-order valence-corrected chi connectivity index (χ1v) is 8.78. The molecule has 4 heteroatoms. The molecule has 0 radical (unpaired) electrons. The number of hydrogen-bond donors (Lipinski definition) is 0. The van der Waals surface area contributed by atoms with E-state index in [4.69, 9.17) is 4.74 Å². The Morgan fingerprint density at radius 3 is 2.38 bits per heavy atom. The minimum absolute atomic E-state index is 0.0189. The van der Waals surface area contributed by atoms with Gasteiger partial charge in [-0.15, -0.1) is 11.8 Å². The summed E-state index contributed by atoms with van der Waals surface area (Å²) in [6.45, 7) is 2.73. The van der Waals surface area contributed by atoms with Crippen LogP contribution in [0.15, 0.2) is 51.8 Å². The molecule has 2 aromatic rings. The fourth-order valence-electron chi connectivity index (χ4n) is 1.88. The third-order valence-corrected chi connectivity index (χ3v) is 4.37. The third-order valence-electron chi connectivity index (χ3n) is 3.01. The van der Waals surface area contributed by atoms with Crippen LogP contribution in [0.2, 0.25) is 0 Å². The Morgan fingerprint density at radius 1 is 1.14 bits per heavy atom. The van der Waals surface area contributed by atoms with Crippen molar-refractivity contribution in [3.05, 3.63) is 58.1 Å². The minimum Gasteiger partial charge on any atom is -0.492 e. The van der Waals surface area contributed by atoms with Crippen molar-refractivity contribution in [3.63, 3.8) is 0 Å². The van der Waals surface area contributed by atoms with E-state index in [1.165, 1.54) is 0 Å². The Labute approximate surface area is 138 Å². The maximum absolute atomic E-state index is 12.5. The molecule has 0 aliphatic rings. The SMILES string of the molecule is CCCOc1ccc(C(=O)c2ccc(SC)cc2)cc1Br. The molecule has 0 aliphatic carbocycles. The highest BCUT2D eigenvalue weighted by molar-refractivity contribution is 9.10. The first kappa shape index (κ1) is 16.1. The molecule has 2 nitrogen and oxygen atoms in total. The standard InChI is InChI=1S/C17H17BrO2S/c1-3-10-20-16-9-6-13(11-15(16)18)17(19)12-4-7-14(21-2)8-5-12/h4-9,11H,3,10H2,1-2H3. The summed E-state index contributed by atoms with van der Waals surface area (Å²) < 4.78 is 6.40. The van der Waals surface area contributed by atoms with Gasteiger partial charge in [0.2, 0.25) is 0 Å². The summed E-state index contributed by atoms with van der Waals surface area (Å²) in [5, 5.41) is 0. The lowest BCUT2D eigenvalue weighted by atomic mass is 10.0. The van der Waals surface area contributed by atoms with Crippen LogP contribution in [0.5, 0.6) is 5.75 Å². The van der Waals surface area contributed by atoms with Gasteiger partial charge in [-0.1, -0.05) is 6.92 Å². The van der Waals surface area contributed by atoms with Crippen molar-refractivity contribution in [2.24, 2.45) is 0 Å². The molecule has 0 spiro atoms. The normalized spacial score (nSPS) is 10.4. The topological polar surface area (TPSA) is 26.3 Å². The molecule has 0 atom stereocenters. The molecule has 0 unspecified atom stereocenters. The second-order valence-corrected chi connectivity index (χ2v) is 6.29. The lowest BCUT2D eigenvalue weighted by Crippen LogP contribution is -2.02. The fourth-order valence-corrected chi connectivity index (χ4v) is 2.78. The van der Waals surface area contributed by atoms with Gasteiger partial charge in [0.15, 0.2) is 5.78 Å². The molecule has 0 aliphatic heterocycles. The summed E-state index contributed by atoms with van der Waals surface area (Å²) in [5.74, 6) is 0.788. The van der Waals surface area contributed by atoms with Crippen LogP contribution in [0.1, 0.15) is 29.3 Å². The number of hydrogen-bond acceptors (Lipinski definition) is 3. The van der Waals surface area contributed by atoms with Gasteiger partial charge in [0.25, 0.3) is 0 Å². The Hall–Kier alpha value is -1.26. The molecule has 0 saturated heterocycles. The zero-order chi connectivity index (χ0) is 15.2. The van der Waals surface area contributed by atoms with Crippen LogP contribution >= 0.6 is 27.7 Å². The number of thioether (sulfide) groups is 1. The summed E-state index contributed by atoms with van der Waals surface area (Å²) >= 11 is 5.12. The van der Waals surface area contributed by atoms with Crippen LogP contribution in [0.3, 0.4) is 0 Å². The average Bonchev–Trinajstić information content (AvgIpc) is 2.53. The number of benzene rings is 2. The van der Waals surface area contributed by atoms with E-state index < -0.39 is 0 Å². The largest absolute Gasteiger partial charge is 0.492 e. The van der Waals surface area contributed by atoms with E-state index in [-0.39, 0.29) is 5.78 Å². The van der Waals surface area contributed by atoms with Gasteiger partial charge in [-0.25, -0.2) is 0 Å². The summed E-state index contributed by atoms with van der Waals surface area (Å²) in [6, 6.07) is 13.1. The van der Waals surface area contributed by atoms with Crippen molar-refractivity contribution in [3.8, 4) is 5.75 Å². The Bertz CT molecular complexity index is 623. The van der Waals surface area contributed by atoms with Crippen LogP contribution in [0, 0.1) is 0 Å². The number of ether oxygens (including phenoxy) is 1. The number of halogens is 1. The number of rotatable bonds is 6. The van der Waals surface area contributed by atoms with E-state index in [9.17, 15) is 4.79 Å². The molecule has 0 heterocycles. The van der Waals surface area contributed by atoms with E-state index >= 15 is 0 Å². The van der Waals surface area contributed by atoms with Crippen LogP contribution in [-0.2, 0) is 0 Å². The van der Waals surface area contributed by atoms with Crippen LogP contribution in [0.25, 0.3) is 0 Å². The summed E-state index contributed by atoms with van der Waals surface area (Å²) in [4.78, 5) is 13.6. The van der Waals surface area contributed by atoms with E-state index in [0.717, 1.165) is 21.5 Å². The van der Waals surface area contributed by atoms with E-state index in [2.05, 4.69) is 22.9 Å². The number of carbonyl (C=O) groups is 1. The molecule has 2 aromatic carbocycles. The summed E-state index contributed by atoms with van der Waals surface area (Å²) in [5.41, 5.74) is 1.35. The second-order valence-electron chi connectivity index (χ2n) is 4.55. The maximum atomic E-state index is 12.5. The predicted molar refractivity (Wildman–Crippen MR) is 91.6 cm³/mol. The molecule has 0 fully saturated rings. The molecular weight excluding hydrogens is 348 g/mol. The van der Waals surface area contributed by atoms with Gasteiger partial charge in [0.05, 0.1) is 11.1 Å². The molecule has 2 rings (SSSR count).